The minimum atomic E-state index is -0.352. The van der Waals surface area contributed by atoms with E-state index in [-0.39, 0.29) is 5.63 Å². The van der Waals surface area contributed by atoms with Gasteiger partial charge in [0.25, 0.3) is 0 Å². The molecule has 0 atom stereocenters. The van der Waals surface area contributed by atoms with Crippen molar-refractivity contribution in [2.24, 2.45) is 0 Å². The lowest BCUT2D eigenvalue weighted by Gasteiger charge is -2.25. The smallest absolute Gasteiger partial charge is 0.336 e. The van der Waals surface area contributed by atoms with Crippen molar-refractivity contribution in [1.82, 2.24) is 14.8 Å². The Balaban J connectivity index is 1.36. The third kappa shape index (κ3) is 4.92. The molecule has 3 aromatic carbocycles. The minimum absolute atomic E-state index is 0.352. The quantitative estimate of drug-likeness (QED) is 0.165. The molecule has 0 saturated heterocycles. The summed E-state index contributed by atoms with van der Waals surface area (Å²) in [5.41, 5.74) is 3.26. The third-order valence-electron chi connectivity index (χ3n) is 7.37. The normalized spacial score (nSPS) is 14.5. The number of fused-ring (bicyclic) bond motifs is 2. The summed E-state index contributed by atoms with van der Waals surface area (Å²) in [4.78, 5) is 12.3. The molecule has 0 radical (unpaired) electrons. The van der Waals surface area contributed by atoms with E-state index in [0.29, 0.717) is 22.4 Å². The molecule has 1 fully saturated rings. The maximum absolute atomic E-state index is 12.3. The van der Waals surface area contributed by atoms with Crippen LogP contribution in [0, 0.1) is 6.92 Å². The molecule has 188 valence electrons. The molecular formula is C30H28ClN3O2S. The van der Waals surface area contributed by atoms with Gasteiger partial charge in [0, 0.05) is 34.7 Å². The van der Waals surface area contributed by atoms with Crippen LogP contribution in [0.2, 0.25) is 5.02 Å². The molecule has 6 rings (SSSR count). The molecule has 2 heterocycles. The fraction of sp³-hybridized carbons (Fsp3) is 0.300. The highest BCUT2D eigenvalue weighted by molar-refractivity contribution is 7.98. The van der Waals surface area contributed by atoms with Gasteiger partial charge >= 0.3 is 5.63 Å². The van der Waals surface area contributed by atoms with Gasteiger partial charge < -0.3 is 8.98 Å². The van der Waals surface area contributed by atoms with Crippen LogP contribution < -0.4 is 5.63 Å². The first-order valence-electron chi connectivity index (χ1n) is 12.8. The summed E-state index contributed by atoms with van der Waals surface area (Å²) in [6.07, 6.45) is 6.75. The predicted octanol–water partition coefficient (Wildman–Crippen LogP) is 7.89. The van der Waals surface area contributed by atoms with Crippen molar-refractivity contribution in [2.45, 2.75) is 62.4 Å². The van der Waals surface area contributed by atoms with Crippen LogP contribution in [0.1, 0.15) is 60.7 Å². The predicted molar refractivity (Wildman–Crippen MR) is 151 cm³/mol. The summed E-state index contributed by atoms with van der Waals surface area (Å²) >= 11 is 8.04. The number of halogens is 1. The lowest BCUT2D eigenvalue weighted by molar-refractivity contribution is 0.330. The molecule has 1 aliphatic carbocycles. The van der Waals surface area contributed by atoms with E-state index < -0.39 is 0 Å². The molecule has 2 aromatic heterocycles. The van der Waals surface area contributed by atoms with Gasteiger partial charge in [-0.05, 0) is 59.4 Å². The Morgan fingerprint density at radius 1 is 0.973 bits per heavy atom. The van der Waals surface area contributed by atoms with Gasteiger partial charge in [-0.2, -0.15) is 0 Å². The molecular weight excluding hydrogens is 502 g/mol. The fourth-order valence-electron chi connectivity index (χ4n) is 5.46. The summed E-state index contributed by atoms with van der Waals surface area (Å²) < 4.78 is 7.83. The number of benzene rings is 3. The Kier molecular flexibility index (Phi) is 6.78. The highest BCUT2D eigenvalue weighted by Gasteiger charge is 2.24. The number of rotatable bonds is 6. The topological polar surface area (TPSA) is 60.9 Å². The molecule has 5 aromatic rings. The highest BCUT2D eigenvalue weighted by atomic mass is 35.5. The zero-order valence-electron chi connectivity index (χ0n) is 20.7. The molecule has 5 nitrogen and oxygen atoms in total. The van der Waals surface area contributed by atoms with E-state index >= 15 is 0 Å². The second kappa shape index (κ2) is 10.3. The fourth-order valence-corrected chi connectivity index (χ4v) is 6.64. The molecule has 0 aliphatic heterocycles. The maximum Gasteiger partial charge on any atom is 0.336 e. The first-order chi connectivity index (χ1) is 18.1. The maximum atomic E-state index is 12.3. The average Bonchev–Trinajstić information content (AvgIpc) is 3.31. The lowest BCUT2D eigenvalue weighted by atomic mass is 9.95. The van der Waals surface area contributed by atoms with Crippen molar-refractivity contribution in [3.8, 4) is 0 Å². The molecule has 0 bridgehead atoms. The number of aromatic nitrogens is 3. The Bertz CT molecular complexity index is 1650. The molecule has 0 amide bonds. The van der Waals surface area contributed by atoms with Crippen LogP contribution in [0.25, 0.3) is 21.7 Å². The SMILES string of the molecule is Cc1cc2oc(=O)cc(CSc3nnc(Cc4cccc5ccccc45)n3C3CCCCC3)c2cc1Cl. The Hall–Kier alpha value is -3.09. The van der Waals surface area contributed by atoms with E-state index in [0.717, 1.165) is 46.8 Å². The number of aryl methyl sites for hydroxylation is 1. The molecule has 0 unspecified atom stereocenters. The molecule has 1 aliphatic rings. The Morgan fingerprint density at radius 3 is 2.65 bits per heavy atom. The highest BCUT2D eigenvalue weighted by Crippen LogP contribution is 2.36. The molecule has 0 N–H and O–H groups in total. The Labute approximate surface area is 224 Å². The standard InChI is InChI=1S/C30H28ClN3O2S/c1-19-14-27-25(17-26(19)31)22(16-29(35)36-27)18-37-30-33-32-28(34(30)23-11-3-2-4-12-23)15-21-10-7-9-20-8-5-6-13-24(20)21/h5-10,13-14,16-17,23H,2-4,11-12,15,18H2,1H3. The summed E-state index contributed by atoms with van der Waals surface area (Å²) in [7, 11) is 0. The van der Waals surface area contributed by atoms with Crippen molar-refractivity contribution in [3.63, 3.8) is 0 Å². The molecule has 0 spiro atoms. The van der Waals surface area contributed by atoms with Gasteiger partial charge in [-0.3, -0.25) is 0 Å². The van der Waals surface area contributed by atoms with Gasteiger partial charge in [0.05, 0.1) is 0 Å². The van der Waals surface area contributed by atoms with Crippen molar-refractivity contribution >= 4 is 45.1 Å². The number of hydrogen-bond donors (Lipinski definition) is 0. The van der Waals surface area contributed by atoms with Crippen molar-refractivity contribution in [3.05, 3.63) is 98.6 Å². The number of hydrogen-bond acceptors (Lipinski definition) is 5. The minimum Gasteiger partial charge on any atom is -0.423 e. The monoisotopic (exact) mass is 529 g/mol. The molecule has 37 heavy (non-hydrogen) atoms. The van der Waals surface area contributed by atoms with Crippen LogP contribution in [-0.2, 0) is 12.2 Å². The lowest BCUT2D eigenvalue weighted by Crippen LogP contribution is -2.17. The second-order valence-corrected chi connectivity index (χ2v) is 11.2. The van der Waals surface area contributed by atoms with Gasteiger partial charge in [0.2, 0.25) is 0 Å². The summed E-state index contributed by atoms with van der Waals surface area (Å²) in [5, 5.41) is 14.3. The third-order valence-corrected chi connectivity index (χ3v) is 8.77. The molecule has 1 saturated carbocycles. The van der Waals surface area contributed by atoms with E-state index in [9.17, 15) is 4.79 Å². The zero-order valence-corrected chi connectivity index (χ0v) is 22.3. The second-order valence-electron chi connectivity index (χ2n) is 9.85. The van der Waals surface area contributed by atoms with E-state index in [1.54, 1.807) is 17.8 Å². The van der Waals surface area contributed by atoms with Crippen LogP contribution >= 0.6 is 23.4 Å². The van der Waals surface area contributed by atoms with Crippen LogP contribution in [0.3, 0.4) is 0 Å². The summed E-state index contributed by atoms with van der Waals surface area (Å²) in [5.74, 6) is 1.59. The first-order valence-corrected chi connectivity index (χ1v) is 14.2. The van der Waals surface area contributed by atoms with Gasteiger partial charge in [-0.1, -0.05) is 85.1 Å². The summed E-state index contributed by atoms with van der Waals surface area (Å²) in [6.45, 7) is 1.91. The zero-order chi connectivity index (χ0) is 25.4. The van der Waals surface area contributed by atoms with Gasteiger partial charge in [0.15, 0.2) is 5.16 Å². The number of nitrogens with zero attached hydrogens (tertiary/aromatic N) is 3. The van der Waals surface area contributed by atoms with Gasteiger partial charge in [0.1, 0.15) is 11.4 Å². The van der Waals surface area contributed by atoms with E-state index in [1.165, 1.54) is 35.6 Å². The van der Waals surface area contributed by atoms with Crippen LogP contribution in [0.15, 0.2) is 75.0 Å². The van der Waals surface area contributed by atoms with Crippen molar-refractivity contribution in [1.29, 1.82) is 0 Å². The largest absolute Gasteiger partial charge is 0.423 e. The Morgan fingerprint density at radius 2 is 1.78 bits per heavy atom. The summed E-state index contributed by atoms with van der Waals surface area (Å²) in [6, 6.07) is 20.7. The van der Waals surface area contributed by atoms with Gasteiger partial charge in [-0.25, -0.2) is 4.79 Å². The van der Waals surface area contributed by atoms with Crippen molar-refractivity contribution < 1.29 is 4.42 Å². The first kappa shape index (κ1) is 24.3. The van der Waals surface area contributed by atoms with Gasteiger partial charge in [-0.15, -0.1) is 10.2 Å². The average molecular weight is 530 g/mol. The molecule has 7 heteroatoms. The van der Waals surface area contributed by atoms with E-state index in [1.807, 2.05) is 19.1 Å². The van der Waals surface area contributed by atoms with Crippen molar-refractivity contribution in [2.75, 3.05) is 0 Å². The number of thioether (sulfide) groups is 1. The van der Waals surface area contributed by atoms with E-state index in [4.69, 9.17) is 21.1 Å². The van der Waals surface area contributed by atoms with Crippen LogP contribution in [0.4, 0.5) is 0 Å². The van der Waals surface area contributed by atoms with Crippen LogP contribution in [0.5, 0.6) is 0 Å². The van der Waals surface area contributed by atoms with E-state index in [2.05, 4.69) is 52.1 Å². The van der Waals surface area contributed by atoms with Crippen LogP contribution in [-0.4, -0.2) is 14.8 Å².